The molecule has 6 nitrogen and oxygen atoms in total. The molecule has 2 N–H and O–H groups in total. The molecule has 0 saturated carbocycles. The number of carbonyl (C=O) groups is 1. The highest BCUT2D eigenvalue weighted by Crippen LogP contribution is 2.13. The second kappa shape index (κ2) is 3.56. The summed E-state index contributed by atoms with van der Waals surface area (Å²) >= 11 is 0. The monoisotopic (exact) mass is 206 g/mol. The van der Waals surface area contributed by atoms with Crippen molar-refractivity contribution < 1.29 is 9.90 Å². The SMILES string of the molecule is CC(Nc1nccn2nccc12)C(=O)O. The molecule has 1 unspecified atom stereocenters. The minimum atomic E-state index is -0.918. The Labute approximate surface area is 85.6 Å². The van der Waals surface area contributed by atoms with Gasteiger partial charge < -0.3 is 10.4 Å². The van der Waals surface area contributed by atoms with E-state index in [1.807, 2.05) is 0 Å². The molecule has 6 heteroatoms. The van der Waals surface area contributed by atoms with Gasteiger partial charge in [0.1, 0.15) is 11.6 Å². The van der Waals surface area contributed by atoms with Gasteiger partial charge in [-0.1, -0.05) is 0 Å². The van der Waals surface area contributed by atoms with E-state index in [0.717, 1.165) is 5.52 Å². The van der Waals surface area contributed by atoms with Gasteiger partial charge in [0.25, 0.3) is 0 Å². The fourth-order valence-electron chi connectivity index (χ4n) is 1.24. The van der Waals surface area contributed by atoms with Crippen molar-refractivity contribution in [3.05, 3.63) is 24.7 Å². The van der Waals surface area contributed by atoms with Gasteiger partial charge in [0.15, 0.2) is 5.82 Å². The lowest BCUT2D eigenvalue weighted by atomic mass is 10.3. The highest BCUT2D eigenvalue weighted by atomic mass is 16.4. The molecule has 0 spiro atoms. The van der Waals surface area contributed by atoms with Crippen LogP contribution in [0.1, 0.15) is 6.92 Å². The summed E-state index contributed by atoms with van der Waals surface area (Å²) in [5, 5.41) is 15.6. The maximum Gasteiger partial charge on any atom is 0.325 e. The van der Waals surface area contributed by atoms with E-state index < -0.39 is 12.0 Å². The number of hydrogen-bond acceptors (Lipinski definition) is 4. The largest absolute Gasteiger partial charge is 0.480 e. The first-order chi connectivity index (χ1) is 7.18. The summed E-state index contributed by atoms with van der Waals surface area (Å²) in [5.41, 5.74) is 0.755. The van der Waals surface area contributed by atoms with Crippen LogP contribution in [0.2, 0.25) is 0 Å². The van der Waals surface area contributed by atoms with E-state index in [2.05, 4.69) is 15.4 Å². The minimum absolute atomic E-state index is 0.518. The van der Waals surface area contributed by atoms with E-state index in [1.165, 1.54) is 0 Å². The third-order valence-corrected chi connectivity index (χ3v) is 2.05. The number of aliphatic carboxylic acids is 1. The summed E-state index contributed by atoms with van der Waals surface area (Å²) in [5.74, 6) is -0.400. The standard InChI is InChI=1S/C9H10N4O2/c1-6(9(14)15)12-8-7-2-3-11-13(7)5-4-10-8/h2-6H,1H3,(H,10,12)(H,14,15). The van der Waals surface area contributed by atoms with Crippen LogP contribution < -0.4 is 5.32 Å². The normalized spacial score (nSPS) is 12.6. The van der Waals surface area contributed by atoms with Gasteiger partial charge in [-0.05, 0) is 13.0 Å². The van der Waals surface area contributed by atoms with Gasteiger partial charge in [0.2, 0.25) is 0 Å². The highest BCUT2D eigenvalue weighted by molar-refractivity contribution is 5.79. The van der Waals surface area contributed by atoms with Crippen molar-refractivity contribution in [2.45, 2.75) is 13.0 Å². The first-order valence-corrected chi connectivity index (χ1v) is 4.46. The van der Waals surface area contributed by atoms with Crippen molar-refractivity contribution in [2.24, 2.45) is 0 Å². The average Bonchev–Trinajstić information content (AvgIpc) is 2.66. The molecule has 2 rings (SSSR count). The van der Waals surface area contributed by atoms with Gasteiger partial charge in [-0.25, -0.2) is 9.50 Å². The zero-order valence-electron chi connectivity index (χ0n) is 8.08. The Morgan fingerprint density at radius 1 is 1.60 bits per heavy atom. The number of nitrogens with one attached hydrogen (secondary N) is 1. The van der Waals surface area contributed by atoms with Crippen molar-refractivity contribution in [1.29, 1.82) is 0 Å². The Kier molecular flexibility index (Phi) is 2.24. The zero-order valence-corrected chi connectivity index (χ0v) is 8.08. The Morgan fingerprint density at radius 3 is 3.13 bits per heavy atom. The number of aromatic nitrogens is 3. The third-order valence-electron chi connectivity index (χ3n) is 2.05. The van der Waals surface area contributed by atoms with Crippen molar-refractivity contribution in [3.8, 4) is 0 Å². The van der Waals surface area contributed by atoms with E-state index in [-0.39, 0.29) is 0 Å². The molecule has 0 aliphatic heterocycles. The Morgan fingerprint density at radius 2 is 2.40 bits per heavy atom. The summed E-state index contributed by atoms with van der Waals surface area (Å²) in [6, 6.07) is 1.09. The van der Waals surface area contributed by atoms with E-state index in [9.17, 15) is 4.79 Å². The number of fused-ring (bicyclic) bond motifs is 1. The molecule has 2 heterocycles. The molecule has 2 aromatic rings. The Bertz CT molecular complexity index is 494. The fourth-order valence-corrected chi connectivity index (χ4v) is 1.24. The number of nitrogens with zero attached hydrogens (tertiary/aromatic N) is 3. The predicted molar refractivity (Wildman–Crippen MR) is 53.7 cm³/mol. The minimum Gasteiger partial charge on any atom is -0.480 e. The second-order valence-corrected chi connectivity index (χ2v) is 3.14. The molecular formula is C9H10N4O2. The summed E-state index contributed by atoms with van der Waals surface area (Å²) in [6.07, 6.45) is 4.90. The molecule has 0 fully saturated rings. The topological polar surface area (TPSA) is 79.5 Å². The lowest BCUT2D eigenvalue weighted by Gasteiger charge is -2.10. The van der Waals surface area contributed by atoms with Gasteiger partial charge in [-0.3, -0.25) is 4.79 Å². The van der Waals surface area contributed by atoms with Crippen molar-refractivity contribution >= 4 is 17.3 Å². The summed E-state index contributed by atoms with van der Waals surface area (Å²) in [6.45, 7) is 1.56. The van der Waals surface area contributed by atoms with Crippen LogP contribution >= 0.6 is 0 Å². The van der Waals surface area contributed by atoms with E-state index >= 15 is 0 Å². The van der Waals surface area contributed by atoms with Crippen molar-refractivity contribution in [1.82, 2.24) is 14.6 Å². The summed E-state index contributed by atoms with van der Waals surface area (Å²) < 4.78 is 1.63. The number of carboxylic acid groups (broad SMARTS) is 1. The summed E-state index contributed by atoms with van der Waals surface area (Å²) in [7, 11) is 0. The molecule has 0 aromatic carbocycles. The van der Waals surface area contributed by atoms with Crippen LogP contribution in [0, 0.1) is 0 Å². The summed E-state index contributed by atoms with van der Waals surface area (Å²) in [4.78, 5) is 14.7. The van der Waals surface area contributed by atoms with Crippen LogP contribution in [0.15, 0.2) is 24.7 Å². The predicted octanol–water partition coefficient (Wildman–Crippen LogP) is 0.614. The molecule has 2 aromatic heterocycles. The van der Waals surface area contributed by atoms with Gasteiger partial charge in [-0.15, -0.1) is 0 Å². The van der Waals surface area contributed by atoms with Gasteiger partial charge in [0.05, 0.1) is 6.20 Å². The third kappa shape index (κ3) is 1.74. The lowest BCUT2D eigenvalue weighted by Crippen LogP contribution is -2.26. The number of rotatable bonds is 3. The van der Waals surface area contributed by atoms with E-state index in [1.54, 1.807) is 36.1 Å². The smallest absolute Gasteiger partial charge is 0.325 e. The van der Waals surface area contributed by atoms with Crippen molar-refractivity contribution in [2.75, 3.05) is 5.32 Å². The van der Waals surface area contributed by atoms with Crippen LogP contribution in [0.4, 0.5) is 5.82 Å². The average molecular weight is 206 g/mol. The molecule has 15 heavy (non-hydrogen) atoms. The van der Waals surface area contributed by atoms with Crippen LogP contribution in [0.5, 0.6) is 0 Å². The number of hydrogen-bond donors (Lipinski definition) is 2. The quantitative estimate of drug-likeness (QED) is 0.769. The van der Waals surface area contributed by atoms with Gasteiger partial charge in [0, 0.05) is 12.4 Å². The maximum atomic E-state index is 10.7. The molecule has 0 saturated heterocycles. The van der Waals surface area contributed by atoms with Crippen LogP contribution in [-0.2, 0) is 4.79 Å². The molecule has 0 radical (unpaired) electrons. The zero-order chi connectivity index (χ0) is 10.8. The molecule has 1 atom stereocenters. The van der Waals surface area contributed by atoms with Crippen LogP contribution in [0.3, 0.4) is 0 Å². The van der Waals surface area contributed by atoms with E-state index in [4.69, 9.17) is 5.11 Å². The Hall–Kier alpha value is -2.11. The number of anilines is 1. The van der Waals surface area contributed by atoms with Crippen LogP contribution in [0.25, 0.3) is 5.52 Å². The maximum absolute atomic E-state index is 10.7. The first-order valence-electron chi connectivity index (χ1n) is 4.46. The lowest BCUT2D eigenvalue weighted by molar-refractivity contribution is -0.137. The highest BCUT2D eigenvalue weighted by Gasteiger charge is 2.12. The molecule has 0 aliphatic rings. The van der Waals surface area contributed by atoms with Crippen LogP contribution in [-0.4, -0.2) is 31.7 Å². The van der Waals surface area contributed by atoms with E-state index in [0.29, 0.717) is 5.82 Å². The molecule has 0 aliphatic carbocycles. The fraction of sp³-hybridized carbons (Fsp3) is 0.222. The van der Waals surface area contributed by atoms with Gasteiger partial charge in [-0.2, -0.15) is 5.10 Å². The molecule has 0 amide bonds. The Balaban J connectivity index is 2.35. The molecule has 78 valence electrons. The number of carboxylic acids is 1. The second-order valence-electron chi connectivity index (χ2n) is 3.14. The molecular weight excluding hydrogens is 196 g/mol. The van der Waals surface area contributed by atoms with Crippen molar-refractivity contribution in [3.63, 3.8) is 0 Å². The van der Waals surface area contributed by atoms with Gasteiger partial charge >= 0.3 is 5.97 Å². The first kappa shape index (κ1) is 9.45. The molecule has 0 bridgehead atoms.